The first-order valence-corrected chi connectivity index (χ1v) is 9.38. The minimum absolute atomic E-state index is 0.215. The lowest BCUT2D eigenvalue weighted by atomic mass is 10.2. The third kappa shape index (κ3) is 7.99. The molecule has 9 heteroatoms. The summed E-state index contributed by atoms with van der Waals surface area (Å²) in [4.78, 5) is 21.0. The van der Waals surface area contributed by atoms with Gasteiger partial charge in [0.25, 0.3) is 0 Å². The number of benzene rings is 2. The Hall–Kier alpha value is -1.43. The summed E-state index contributed by atoms with van der Waals surface area (Å²) in [5.74, 6) is 0. The van der Waals surface area contributed by atoms with Crippen LogP contribution < -0.4 is 0 Å². The van der Waals surface area contributed by atoms with Crippen LogP contribution in [0.25, 0.3) is 0 Å². The smallest absolute Gasteiger partial charge is 0.184 e. The Balaban J connectivity index is 0.000000199. The lowest BCUT2D eigenvalue weighted by Crippen LogP contribution is -1.97. The molecule has 0 aliphatic carbocycles. The van der Waals surface area contributed by atoms with Crippen LogP contribution in [-0.2, 0) is 27.9 Å². The third-order valence-electron chi connectivity index (χ3n) is 3.19. The Labute approximate surface area is 166 Å². The van der Waals surface area contributed by atoms with E-state index in [2.05, 4.69) is 14.1 Å². The number of rotatable bonds is 8. The van der Waals surface area contributed by atoms with E-state index < -0.39 is 0 Å². The lowest BCUT2D eigenvalue weighted by molar-refractivity contribution is -0.160. The highest BCUT2D eigenvalue weighted by Gasteiger charge is 2.17. The molecule has 0 atom stereocenters. The second kappa shape index (κ2) is 12.9. The molecule has 0 unspecified atom stereocenters. The largest absolute Gasteiger partial charge is 0.346 e. The monoisotopic (exact) mass is 412 g/mol. The SMILES string of the molecule is COOSc1ccc(C2OCCO2)cc1.COOSc1ccc(C=O)cc1. The second-order valence-corrected chi connectivity index (χ2v) is 6.51. The first-order valence-electron chi connectivity index (χ1n) is 7.90. The predicted molar refractivity (Wildman–Crippen MR) is 101 cm³/mol. The van der Waals surface area contributed by atoms with Gasteiger partial charge in [0.05, 0.1) is 51.5 Å². The Bertz CT molecular complexity index is 658. The summed E-state index contributed by atoms with van der Waals surface area (Å²) in [5.41, 5.74) is 1.67. The normalized spacial score (nSPS) is 13.9. The molecule has 7 nitrogen and oxygen atoms in total. The summed E-state index contributed by atoms with van der Waals surface area (Å²) < 4.78 is 20.1. The van der Waals surface area contributed by atoms with Gasteiger partial charge in [-0.15, -0.1) is 0 Å². The van der Waals surface area contributed by atoms with Gasteiger partial charge in [0.2, 0.25) is 0 Å². The highest BCUT2D eigenvalue weighted by molar-refractivity contribution is 7.94. The maximum Gasteiger partial charge on any atom is 0.184 e. The van der Waals surface area contributed by atoms with E-state index in [1.807, 2.05) is 24.3 Å². The van der Waals surface area contributed by atoms with Gasteiger partial charge in [-0.2, -0.15) is 8.67 Å². The molecule has 0 saturated carbocycles. The number of hydrogen-bond acceptors (Lipinski definition) is 9. The molecule has 0 aromatic heterocycles. The zero-order valence-electron chi connectivity index (χ0n) is 14.9. The van der Waals surface area contributed by atoms with Gasteiger partial charge in [-0.25, -0.2) is 9.78 Å². The lowest BCUT2D eigenvalue weighted by Gasteiger charge is -2.09. The summed E-state index contributed by atoms with van der Waals surface area (Å²) in [6, 6.07) is 14.8. The number of aldehydes is 1. The average Bonchev–Trinajstić information content (AvgIpc) is 3.27. The van der Waals surface area contributed by atoms with Crippen molar-refractivity contribution in [3.63, 3.8) is 0 Å². The van der Waals surface area contributed by atoms with Gasteiger partial charge >= 0.3 is 0 Å². The predicted octanol–water partition coefficient (Wildman–Crippen LogP) is 4.40. The zero-order chi connectivity index (χ0) is 19.3. The second-order valence-electron chi connectivity index (χ2n) is 4.97. The molecule has 1 fully saturated rings. The molecule has 3 rings (SSSR count). The molecule has 0 N–H and O–H groups in total. The number of ether oxygens (including phenoxy) is 2. The Kier molecular flexibility index (Phi) is 10.4. The van der Waals surface area contributed by atoms with Gasteiger partial charge in [-0.1, -0.05) is 24.3 Å². The third-order valence-corrected chi connectivity index (χ3v) is 4.52. The van der Waals surface area contributed by atoms with Crippen molar-refractivity contribution >= 4 is 30.4 Å². The van der Waals surface area contributed by atoms with Gasteiger partial charge in [0, 0.05) is 20.9 Å². The molecule has 1 aliphatic rings. The zero-order valence-corrected chi connectivity index (χ0v) is 16.5. The number of hydrogen-bond donors (Lipinski definition) is 0. The quantitative estimate of drug-likeness (QED) is 0.271. The van der Waals surface area contributed by atoms with Gasteiger partial charge in [0.1, 0.15) is 6.29 Å². The Morgan fingerprint density at radius 3 is 1.78 bits per heavy atom. The molecule has 2 aromatic rings. The molecule has 27 heavy (non-hydrogen) atoms. The van der Waals surface area contributed by atoms with E-state index in [1.54, 1.807) is 24.3 Å². The molecule has 1 saturated heterocycles. The van der Waals surface area contributed by atoms with Crippen molar-refractivity contribution in [1.29, 1.82) is 0 Å². The average molecular weight is 412 g/mol. The number of carbonyl (C=O) groups is 1. The number of carbonyl (C=O) groups excluding carboxylic acids is 1. The van der Waals surface area contributed by atoms with Crippen molar-refractivity contribution in [2.75, 3.05) is 27.4 Å². The molecule has 1 heterocycles. The fourth-order valence-corrected chi connectivity index (χ4v) is 2.77. The van der Waals surface area contributed by atoms with Crippen LogP contribution >= 0.6 is 24.1 Å². The fourth-order valence-electron chi connectivity index (χ4n) is 1.98. The fraction of sp³-hybridized carbons (Fsp3) is 0.278. The van der Waals surface area contributed by atoms with Gasteiger partial charge in [0.15, 0.2) is 6.29 Å². The topological polar surface area (TPSA) is 72.5 Å². The maximum atomic E-state index is 10.3. The molecular formula is C18H20O7S2. The van der Waals surface area contributed by atoms with Crippen LogP contribution in [0.15, 0.2) is 58.3 Å². The summed E-state index contributed by atoms with van der Waals surface area (Å²) in [7, 11) is 2.91. The minimum atomic E-state index is -0.215. The van der Waals surface area contributed by atoms with E-state index in [0.29, 0.717) is 18.8 Å². The highest BCUT2D eigenvalue weighted by Crippen LogP contribution is 2.26. The molecule has 2 aromatic carbocycles. The van der Waals surface area contributed by atoms with Crippen molar-refractivity contribution in [2.24, 2.45) is 0 Å². The van der Waals surface area contributed by atoms with Gasteiger partial charge < -0.3 is 9.47 Å². The van der Waals surface area contributed by atoms with Gasteiger partial charge in [-0.05, 0) is 24.3 Å². The standard InChI is InChI=1S/C10H12O4S.C8H8O3S/c1-11-14-15-9-4-2-8(3-5-9)10-12-6-7-13-10;1-10-11-12-8-4-2-7(6-9)3-5-8/h2-5,10H,6-7H2,1H3;2-6H,1H3. The van der Waals surface area contributed by atoms with Gasteiger partial charge in [-0.3, -0.25) is 4.79 Å². The molecule has 0 spiro atoms. The first-order chi connectivity index (χ1) is 13.3. The molecule has 146 valence electrons. The Morgan fingerprint density at radius 1 is 0.852 bits per heavy atom. The summed E-state index contributed by atoms with van der Waals surface area (Å²) in [6.07, 6.45) is 0.582. The maximum absolute atomic E-state index is 10.3. The molecule has 0 bridgehead atoms. The van der Waals surface area contributed by atoms with E-state index in [4.69, 9.17) is 13.8 Å². The van der Waals surface area contributed by atoms with Crippen molar-refractivity contribution in [3.8, 4) is 0 Å². The molecule has 0 radical (unpaired) electrons. The van der Waals surface area contributed by atoms with Crippen LogP contribution in [0.5, 0.6) is 0 Å². The molecule has 0 amide bonds. The first kappa shape index (κ1) is 21.9. The van der Waals surface area contributed by atoms with Crippen LogP contribution in [0.4, 0.5) is 0 Å². The van der Waals surface area contributed by atoms with E-state index in [9.17, 15) is 4.79 Å². The summed E-state index contributed by atoms with van der Waals surface area (Å²) in [6.45, 7) is 1.32. The van der Waals surface area contributed by atoms with Crippen LogP contribution in [0, 0.1) is 0 Å². The van der Waals surface area contributed by atoms with E-state index in [-0.39, 0.29) is 6.29 Å². The van der Waals surface area contributed by atoms with E-state index in [1.165, 1.54) is 26.3 Å². The van der Waals surface area contributed by atoms with Crippen LogP contribution in [0.1, 0.15) is 22.2 Å². The van der Waals surface area contributed by atoms with Crippen molar-refractivity contribution < 1.29 is 32.7 Å². The van der Waals surface area contributed by atoms with Crippen molar-refractivity contribution in [1.82, 2.24) is 0 Å². The molecular weight excluding hydrogens is 392 g/mol. The molecule has 1 aliphatic heterocycles. The summed E-state index contributed by atoms with van der Waals surface area (Å²) >= 11 is 2.27. The van der Waals surface area contributed by atoms with Crippen LogP contribution in [-0.4, -0.2) is 33.7 Å². The van der Waals surface area contributed by atoms with Crippen molar-refractivity contribution in [3.05, 3.63) is 59.7 Å². The van der Waals surface area contributed by atoms with Crippen molar-refractivity contribution in [2.45, 2.75) is 16.1 Å². The summed E-state index contributed by atoms with van der Waals surface area (Å²) in [5, 5.41) is 0. The van der Waals surface area contributed by atoms with Crippen LogP contribution in [0.2, 0.25) is 0 Å². The minimum Gasteiger partial charge on any atom is -0.346 e. The van der Waals surface area contributed by atoms with Crippen LogP contribution in [0.3, 0.4) is 0 Å². The Morgan fingerprint density at radius 2 is 1.33 bits per heavy atom. The van der Waals surface area contributed by atoms with E-state index >= 15 is 0 Å². The highest BCUT2D eigenvalue weighted by atomic mass is 32.2. The van der Waals surface area contributed by atoms with E-state index in [0.717, 1.165) is 33.7 Å².